The number of rotatable bonds is 8. The zero-order valence-electron chi connectivity index (χ0n) is 18.7. The highest BCUT2D eigenvalue weighted by Gasteiger charge is 2.23. The molecule has 1 amide bonds. The highest BCUT2D eigenvalue weighted by Crippen LogP contribution is 2.31. The van der Waals surface area contributed by atoms with Crippen molar-refractivity contribution in [2.75, 3.05) is 26.0 Å². The van der Waals surface area contributed by atoms with Crippen LogP contribution in [0.4, 0.5) is 0 Å². The molecule has 1 saturated heterocycles. The summed E-state index contributed by atoms with van der Waals surface area (Å²) in [4.78, 5) is 14.8. The lowest BCUT2D eigenvalue weighted by Gasteiger charge is -2.30. The van der Waals surface area contributed by atoms with Crippen LogP contribution in [0.5, 0.6) is 5.75 Å². The summed E-state index contributed by atoms with van der Waals surface area (Å²) < 4.78 is 7.68. The topological polar surface area (TPSA) is 60.3 Å². The minimum atomic E-state index is 0.179. The van der Waals surface area contributed by atoms with Crippen molar-refractivity contribution in [3.63, 3.8) is 0 Å². The third-order valence-electron chi connectivity index (χ3n) is 5.87. The highest BCUT2D eigenvalue weighted by atomic mass is 32.2. The van der Waals surface area contributed by atoms with Crippen LogP contribution in [-0.2, 0) is 17.8 Å². The van der Waals surface area contributed by atoms with Gasteiger partial charge < -0.3 is 14.2 Å². The van der Waals surface area contributed by atoms with E-state index in [4.69, 9.17) is 4.74 Å². The van der Waals surface area contributed by atoms with Gasteiger partial charge in [0.1, 0.15) is 5.75 Å². The van der Waals surface area contributed by atoms with Crippen LogP contribution in [-0.4, -0.2) is 51.5 Å². The molecule has 3 aromatic rings. The van der Waals surface area contributed by atoms with Crippen LogP contribution < -0.4 is 4.74 Å². The molecule has 0 spiro atoms. The summed E-state index contributed by atoms with van der Waals surface area (Å²) in [6, 6.07) is 18.2. The molecule has 0 aliphatic carbocycles. The Labute approximate surface area is 194 Å². The first-order chi connectivity index (χ1) is 15.7. The van der Waals surface area contributed by atoms with Crippen LogP contribution in [0.25, 0.3) is 11.4 Å². The number of piperidine rings is 1. The van der Waals surface area contributed by atoms with Crippen molar-refractivity contribution in [3.05, 3.63) is 60.2 Å². The molecular weight excluding hydrogens is 420 g/mol. The van der Waals surface area contributed by atoms with E-state index in [2.05, 4.69) is 46.0 Å². The van der Waals surface area contributed by atoms with Crippen molar-refractivity contribution in [3.8, 4) is 17.1 Å². The second-order valence-corrected chi connectivity index (χ2v) is 9.21. The normalized spacial score (nSPS) is 16.2. The maximum atomic E-state index is 12.8. The fraction of sp³-hybridized carbons (Fsp3) is 0.400. The predicted molar refractivity (Wildman–Crippen MR) is 128 cm³/mol. The standard InChI is InChI=1S/C25H30N4O2S/c1-19-9-8-15-28(17-19)23(30)18-32-25-27-26-24(21-12-6-7-13-22(21)31-2)29(25)16-14-20-10-4-3-5-11-20/h3-7,10-13,19H,8-9,14-18H2,1-2H3/t19-/m1/s1. The first-order valence-electron chi connectivity index (χ1n) is 11.2. The molecule has 4 rings (SSSR count). The van der Waals surface area contributed by atoms with Gasteiger partial charge in [0.15, 0.2) is 11.0 Å². The van der Waals surface area contributed by atoms with Crippen LogP contribution in [0.3, 0.4) is 0 Å². The van der Waals surface area contributed by atoms with Crippen LogP contribution >= 0.6 is 11.8 Å². The number of nitrogens with zero attached hydrogens (tertiary/aromatic N) is 4. The largest absolute Gasteiger partial charge is 0.496 e. The molecule has 1 fully saturated rings. The van der Waals surface area contributed by atoms with E-state index in [0.29, 0.717) is 11.7 Å². The van der Waals surface area contributed by atoms with Gasteiger partial charge in [-0.3, -0.25) is 4.79 Å². The van der Waals surface area contributed by atoms with Crippen molar-refractivity contribution in [2.24, 2.45) is 5.92 Å². The summed E-state index contributed by atoms with van der Waals surface area (Å²) in [5.41, 5.74) is 2.15. The number of likely N-dealkylation sites (tertiary alicyclic amines) is 1. The van der Waals surface area contributed by atoms with E-state index in [1.54, 1.807) is 7.11 Å². The lowest BCUT2D eigenvalue weighted by molar-refractivity contribution is -0.130. The molecule has 0 bridgehead atoms. The number of carbonyl (C=O) groups is 1. The van der Waals surface area contributed by atoms with Crippen molar-refractivity contribution in [1.29, 1.82) is 0 Å². The molecule has 0 N–H and O–H groups in total. The van der Waals surface area contributed by atoms with Gasteiger partial charge in [-0.2, -0.15) is 0 Å². The maximum absolute atomic E-state index is 12.8. The van der Waals surface area contributed by atoms with Crippen LogP contribution in [0.2, 0.25) is 0 Å². The number of thioether (sulfide) groups is 1. The van der Waals surface area contributed by atoms with Gasteiger partial charge in [-0.25, -0.2) is 0 Å². The van der Waals surface area contributed by atoms with Gasteiger partial charge in [-0.05, 0) is 42.9 Å². The second kappa shape index (κ2) is 10.7. The Morgan fingerprint density at radius 1 is 1.12 bits per heavy atom. The molecule has 0 radical (unpaired) electrons. The Morgan fingerprint density at radius 2 is 1.91 bits per heavy atom. The van der Waals surface area contributed by atoms with Gasteiger partial charge in [0.2, 0.25) is 5.91 Å². The van der Waals surface area contributed by atoms with Crippen molar-refractivity contribution in [1.82, 2.24) is 19.7 Å². The molecule has 7 heteroatoms. The number of benzene rings is 2. The zero-order valence-corrected chi connectivity index (χ0v) is 19.6. The molecule has 1 aliphatic heterocycles. The average Bonchev–Trinajstić information content (AvgIpc) is 3.24. The number of hydrogen-bond donors (Lipinski definition) is 0. The van der Waals surface area contributed by atoms with E-state index in [0.717, 1.165) is 54.8 Å². The molecular formula is C25H30N4O2S. The Kier molecular flexibility index (Phi) is 7.47. The summed E-state index contributed by atoms with van der Waals surface area (Å²) in [7, 11) is 1.66. The van der Waals surface area contributed by atoms with Gasteiger partial charge in [0.25, 0.3) is 0 Å². The minimum Gasteiger partial charge on any atom is -0.496 e. The first-order valence-corrected chi connectivity index (χ1v) is 12.2. The summed E-state index contributed by atoms with van der Waals surface area (Å²) in [6.45, 7) is 4.65. The first kappa shape index (κ1) is 22.4. The van der Waals surface area contributed by atoms with Gasteiger partial charge in [0, 0.05) is 19.6 Å². The fourth-order valence-electron chi connectivity index (χ4n) is 4.14. The molecule has 0 unspecified atom stereocenters. The molecule has 1 aromatic heterocycles. The lowest BCUT2D eigenvalue weighted by atomic mass is 10.0. The van der Waals surface area contributed by atoms with Gasteiger partial charge in [0.05, 0.1) is 18.4 Å². The lowest BCUT2D eigenvalue weighted by Crippen LogP contribution is -2.40. The molecule has 2 aromatic carbocycles. The molecule has 32 heavy (non-hydrogen) atoms. The summed E-state index contributed by atoms with van der Waals surface area (Å²) in [5, 5.41) is 9.72. The Bertz CT molecular complexity index is 1040. The van der Waals surface area contributed by atoms with Crippen LogP contribution in [0.15, 0.2) is 59.8 Å². The summed E-state index contributed by atoms with van der Waals surface area (Å²) in [5.74, 6) is 2.65. The van der Waals surface area contributed by atoms with E-state index in [9.17, 15) is 4.79 Å². The molecule has 0 saturated carbocycles. The van der Waals surface area contributed by atoms with E-state index >= 15 is 0 Å². The monoisotopic (exact) mass is 450 g/mol. The predicted octanol–water partition coefficient (Wildman–Crippen LogP) is 4.55. The molecule has 168 valence electrons. The number of aryl methyl sites for hydroxylation is 1. The Balaban J connectivity index is 1.55. The number of aromatic nitrogens is 3. The van der Waals surface area contributed by atoms with Gasteiger partial charge >= 0.3 is 0 Å². The van der Waals surface area contributed by atoms with Crippen molar-refractivity contribution >= 4 is 17.7 Å². The van der Waals surface area contributed by atoms with Crippen LogP contribution in [0.1, 0.15) is 25.3 Å². The Hall–Kier alpha value is -2.80. The van der Waals surface area contributed by atoms with E-state index in [1.165, 1.54) is 23.7 Å². The van der Waals surface area contributed by atoms with Crippen LogP contribution in [0, 0.1) is 5.92 Å². The highest BCUT2D eigenvalue weighted by molar-refractivity contribution is 7.99. The van der Waals surface area contributed by atoms with Gasteiger partial charge in [-0.15, -0.1) is 10.2 Å². The molecule has 2 heterocycles. The number of methoxy groups -OCH3 is 1. The SMILES string of the molecule is COc1ccccc1-c1nnc(SCC(=O)N2CCC[C@@H](C)C2)n1CCc1ccccc1. The minimum absolute atomic E-state index is 0.179. The number of para-hydroxylation sites is 1. The Morgan fingerprint density at radius 3 is 2.69 bits per heavy atom. The van der Waals surface area contributed by atoms with E-state index in [1.807, 2.05) is 35.2 Å². The number of hydrogen-bond acceptors (Lipinski definition) is 5. The van der Waals surface area contributed by atoms with Crippen molar-refractivity contribution < 1.29 is 9.53 Å². The quantitative estimate of drug-likeness (QED) is 0.471. The third-order valence-corrected chi connectivity index (χ3v) is 6.82. The maximum Gasteiger partial charge on any atom is 0.233 e. The molecule has 1 atom stereocenters. The van der Waals surface area contributed by atoms with E-state index in [-0.39, 0.29) is 5.91 Å². The zero-order chi connectivity index (χ0) is 22.3. The summed E-state index contributed by atoms with van der Waals surface area (Å²) in [6.07, 6.45) is 3.14. The van der Waals surface area contributed by atoms with Crippen molar-refractivity contribution in [2.45, 2.75) is 37.9 Å². The fourth-order valence-corrected chi connectivity index (χ4v) is 5.01. The van der Waals surface area contributed by atoms with Gasteiger partial charge in [-0.1, -0.05) is 61.2 Å². The third kappa shape index (κ3) is 5.33. The number of ether oxygens (including phenoxy) is 1. The molecule has 6 nitrogen and oxygen atoms in total. The summed E-state index contributed by atoms with van der Waals surface area (Å²) >= 11 is 1.47. The smallest absolute Gasteiger partial charge is 0.233 e. The average molecular weight is 451 g/mol. The number of carbonyl (C=O) groups excluding carboxylic acids is 1. The number of amides is 1. The van der Waals surface area contributed by atoms with E-state index < -0.39 is 0 Å². The molecule has 1 aliphatic rings. The second-order valence-electron chi connectivity index (χ2n) is 8.27.